The van der Waals surface area contributed by atoms with Crippen molar-refractivity contribution < 1.29 is 25.9 Å². The zero-order valence-corrected chi connectivity index (χ0v) is 22.3. The molecule has 33 heavy (non-hydrogen) atoms. The summed E-state index contributed by atoms with van der Waals surface area (Å²) in [4.78, 5) is 14.6. The lowest BCUT2D eigenvalue weighted by molar-refractivity contribution is -0.385. The Morgan fingerprint density at radius 3 is 2.24 bits per heavy atom. The van der Waals surface area contributed by atoms with Gasteiger partial charge in [0.25, 0.3) is 15.8 Å². The summed E-state index contributed by atoms with van der Waals surface area (Å²) in [5.74, 6) is 0. The van der Waals surface area contributed by atoms with Crippen LogP contribution in [0.4, 0.5) is 11.4 Å². The normalized spacial score (nSPS) is 16.8. The van der Waals surface area contributed by atoms with Gasteiger partial charge in [-0.25, -0.2) is 8.42 Å². The van der Waals surface area contributed by atoms with E-state index in [-0.39, 0.29) is 23.7 Å². The van der Waals surface area contributed by atoms with Crippen LogP contribution in [0.15, 0.2) is 17.0 Å². The fourth-order valence-electron chi connectivity index (χ4n) is 3.81. The summed E-state index contributed by atoms with van der Waals surface area (Å²) in [6.07, 6.45) is 2.23. The molecule has 0 radical (unpaired) electrons. The third-order valence-electron chi connectivity index (χ3n) is 5.30. The molecule has 0 spiro atoms. The van der Waals surface area contributed by atoms with Gasteiger partial charge in [0.05, 0.1) is 23.5 Å². The van der Waals surface area contributed by atoms with Crippen LogP contribution in [0.2, 0.25) is 0 Å². The van der Waals surface area contributed by atoms with Gasteiger partial charge in [-0.15, -0.1) is 0 Å². The summed E-state index contributed by atoms with van der Waals surface area (Å²) >= 11 is 3.34. The van der Waals surface area contributed by atoms with Crippen molar-refractivity contribution in [2.75, 3.05) is 69.4 Å². The molecule has 1 saturated heterocycles. The highest BCUT2D eigenvalue weighted by atomic mass is 79.9. The zero-order chi connectivity index (χ0) is 24.8. The first-order chi connectivity index (χ1) is 15.4. The minimum Gasteiger partial charge on any atom is -0.367 e. The summed E-state index contributed by atoms with van der Waals surface area (Å²) in [5, 5.41) is 12.0. The van der Waals surface area contributed by atoms with Crippen LogP contribution in [-0.2, 0) is 24.3 Å². The van der Waals surface area contributed by atoms with Crippen molar-refractivity contribution in [1.29, 1.82) is 0 Å². The molecule has 0 aromatic heterocycles. The molecule has 11 nitrogen and oxygen atoms in total. The molecule has 1 aromatic rings. The fourth-order valence-corrected chi connectivity index (χ4v) is 6.44. The number of nitro groups is 1. The molecule has 0 bridgehead atoms. The highest BCUT2D eigenvalue weighted by Crippen LogP contribution is 2.35. The molecule has 0 saturated carbocycles. The molecule has 0 unspecified atom stereocenters. The van der Waals surface area contributed by atoms with Gasteiger partial charge in [-0.05, 0) is 45.5 Å². The van der Waals surface area contributed by atoms with Gasteiger partial charge in [0, 0.05) is 43.6 Å². The number of aryl methyl sites for hydroxylation is 1. The standard InChI is InChI=1S/C19H31BrN4O7S2/c1-16-14-17(24(25)26)15-18(19(16)22(11-6-20)12-13-31-32(3,27)28)33(29,30)23-9-4-7-21(2)8-5-10-23/h14-15H,4-13H2,1-3H3. The molecular weight excluding hydrogens is 540 g/mol. The lowest BCUT2D eigenvalue weighted by Gasteiger charge is -2.31. The van der Waals surface area contributed by atoms with E-state index >= 15 is 0 Å². The second-order valence-electron chi connectivity index (χ2n) is 7.98. The molecule has 2 rings (SSSR count). The van der Waals surface area contributed by atoms with Gasteiger partial charge in [-0.1, -0.05) is 15.9 Å². The number of nitro benzene ring substituents is 1. The summed E-state index contributed by atoms with van der Waals surface area (Å²) in [5.41, 5.74) is 0.416. The van der Waals surface area contributed by atoms with E-state index in [1.54, 1.807) is 11.8 Å². The van der Waals surface area contributed by atoms with Crippen molar-refractivity contribution in [3.63, 3.8) is 0 Å². The third-order valence-corrected chi connectivity index (χ3v) is 8.16. The Morgan fingerprint density at radius 1 is 1.12 bits per heavy atom. The molecule has 1 aliphatic rings. The van der Waals surface area contributed by atoms with Crippen molar-refractivity contribution in [2.45, 2.75) is 24.7 Å². The van der Waals surface area contributed by atoms with Gasteiger partial charge < -0.3 is 9.80 Å². The Labute approximate surface area is 204 Å². The van der Waals surface area contributed by atoms with Crippen LogP contribution in [-0.4, -0.2) is 95.5 Å². The number of alkyl halides is 1. The molecule has 0 atom stereocenters. The van der Waals surface area contributed by atoms with Crippen LogP contribution in [0, 0.1) is 17.0 Å². The van der Waals surface area contributed by atoms with Crippen molar-refractivity contribution in [2.24, 2.45) is 0 Å². The summed E-state index contributed by atoms with van der Waals surface area (Å²) in [6.45, 7) is 3.99. The lowest BCUT2D eigenvalue weighted by atomic mass is 10.1. The average Bonchev–Trinajstić information content (AvgIpc) is 2.68. The van der Waals surface area contributed by atoms with E-state index in [9.17, 15) is 26.9 Å². The number of rotatable bonds is 10. The lowest BCUT2D eigenvalue weighted by Crippen LogP contribution is -2.40. The van der Waals surface area contributed by atoms with Gasteiger partial charge in [-0.2, -0.15) is 12.7 Å². The average molecular weight is 572 g/mol. The molecule has 1 heterocycles. The van der Waals surface area contributed by atoms with Gasteiger partial charge in [0.2, 0.25) is 10.0 Å². The van der Waals surface area contributed by atoms with Gasteiger partial charge in [0.15, 0.2) is 0 Å². The van der Waals surface area contributed by atoms with E-state index in [0.717, 1.165) is 25.4 Å². The van der Waals surface area contributed by atoms with Crippen LogP contribution in [0.3, 0.4) is 0 Å². The molecular formula is C19H31BrN4O7S2. The second kappa shape index (κ2) is 11.9. The Bertz CT molecular complexity index is 1040. The molecule has 1 fully saturated rings. The Balaban J connectivity index is 2.54. The zero-order valence-electron chi connectivity index (χ0n) is 19.1. The predicted molar refractivity (Wildman–Crippen MR) is 130 cm³/mol. The maximum atomic E-state index is 13.7. The van der Waals surface area contributed by atoms with Crippen LogP contribution >= 0.6 is 15.9 Å². The van der Waals surface area contributed by atoms with Crippen molar-refractivity contribution in [3.8, 4) is 0 Å². The SMILES string of the molecule is Cc1cc([N+](=O)[O-])cc(S(=O)(=O)N2CCCN(C)CCC2)c1N(CCBr)CCOS(C)(=O)=O. The van der Waals surface area contributed by atoms with E-state index < -0.39 is 25.1 Å². The van der Waals surface area contributed by atoms with Crippen molar-refractivity contribution in [3.05, 3.63) is 27.8 Å². The highest BCUT2D eigenvalue weighted by molar-refractivity contribution is 9.09. The fraction of sp³-hybridized carbons (Fsp3) is 0.684. The predicted octanol–water partition coefficient (Wildman–Crippen LogP) is 1.80. The van der Waals surface area contributed by atoms with Crippen LogP contribution in [0.5, 0.6) is 0 Å². The number of hydrogen-bond donors (Lipinski definition) is 0. The molecule has 0 aliphatic carbocycles. The van der Waals surface area contributed by atoms with Gasteiger partial charge >= 0.3 is 0 Å². The molecule has 0 amide bonds. The first kappa shape index (κ1) is 27.9. The Hall–Kier alpha value is -1.32. The van der Waals surface area contributed by atoms with Gasteiger partial charge in [0.1, 0.15) is 4.90 Å². The minimum absolute atomic E-state index is 0.0879. The quantitative estimate of drug-likeness (QED) is 0.179. The number of anilines is 1. The van der Waals surface area contributed by atoms with Crippen molar-refractivity contribution >= 4 is 47.4 Å². The number of non-ortho nitro benzene ring substituents is 1. The van der Waals surface area contributed by atoms with Crippen LogP contribution in [0.1, 0.15) is 18.4 Å². The number of sulfonamides is 1. The highest BCUT2D eigenvalue weighted by Gasteiger charge is 2.32. The Morgan fingerprint density at radius 2 is 1.73 bits per heavy atom. The molecule has 1 aliphatic heterocycles. The Kier molecular flexibility index (Phi) is 10.1. The monoisotopic (exact) mass is 570 g/mol. The minimum atomic E-state index is -4.05. The smallest absolute Gasteiger partial charge is 0.271 e. The summed E-state index contributed by atoms with van der Waals surface area (Å²) < 4.78 is 56.5. The van der Waals surface area contributed by atoms with E-state index in [1.807, 2.05) is 7.05 Å². The second-order valence-corrected chi connectivity index (χ2v) is 12.3. The molecule has 1 aromatic carbocycles. The summed E-state index contributed by atoms with van der Waals surface area (Å²) in [7, 11) is -5.73. The summed E-state index contributed by atoms with van der Waals surface area (Å²) in [6, 6.07) is 2.43. The number of benzene rings is 1. The molecule has 188 valence electrons. The third kappa shape index (κ3) is 7.86. The van der Waals surface area contributed by atoms with Crippen LogP contribution in [0.25, 0.3) is 0 Å². The number of hydrogen-bond acceptors (Lipinski definition) is 9. The maximum Gasteiger partial charge on any atom is 0.271 e. The maximum absolute atomic E-state index is 13.7. The van der Waals surface area contributed by atoms with Crippen LogP contribution < -0.4 is 4.90 Å². The van der Waals surface area contributed by atoms with Crippen molar-refractivity contribution in [1.82, 2.24) is 9.21 Å². The van der Waals surface area contributed by atoms with E-state index in [1.165, 1.54) is 10.4 Å². The van der Waals surface area contributed by atoms with E-state index in [4.69, 9.17) is 4.18 Å². The van der Waals surface area contributed by atoms with Gasteiger partial charge in [-0.3, -0.25) is 14.3 Å². The topological polar surface area (TPSA) is 130 Å². The van der Waals surface area contributed by atoms with E-state index in [0.29, 0.717) is 49.1 Å². The molecule has 14 heteroatoms. The van der Waals surface area contributed by atoms with E-state index in [2.05, 4.69) is 20.8 Å². The largest absolute Gasteiger partial charge is 0.367 e. The first-order valence-electron chi connectivity index (χ1n) is 10.5. The number of halogens is 1. The first-order valence-corrected chi connectivity index (χ1v) is 14.9. The molecule has 0 N–H and O–H groups in total. The number of nitrogens with zero attached hydrogens (tertiary/aromatic N) is 4.